The maximum atomic E-state index is 6.13. The first-order valence-corrected chi connectivity index (χ1v) is 6.15. The summed E-state index contributed by atoms with van der Waals surface area (Å²) in [4.78, 5) is 8.06. The molecule has 0 aliphatic rings. The summed E-state index contributed by atoms with van der Waals surface area (Å²) in [6.45, 7) is 0. The van der Waals surface area contributed by atoms with Gasteiger partial charge in [-0.2, -0.15) is 0 Å². The summed E-state index contributed by atoms with van der Waals surface area (Å²) >= 11 is 12.0. The first-order valence-electron chi connectivity index (χ1n) is 5.39. The van der Waals surface area contributed by atoms with Crippen LogP contribution in [0.5, 0.6) is 0 Å². The summed E-state index contributed by atoms with van der Waals surface area (Å²) in [5.41, 5.74) is 2.69. The summed E-state index contributed by atoms with van der Waals surface area (Å²) in [6.07, 6.45) is 1.52. The lowest BCUT2D eigenvalue weighted by Gasteiger charge is -2.05. The van der Waals surface area contributed by atoms with Crippen molar-refractivity contribution in [3.63, 3.8) is 0 Å². The molecule has 0 fully saturated rings. The Balaban J connectivity index is 2.31. The van der Waals surface area contributed by atoms with Crippen LogP contribution in [0.2, 0.25) is 10.3 Å². The van der Waals surface area contributed by atoms with Crippen molar-refractivity contribution in [2.24, 2.45) is 7.05 Å². The van der Waals surface area contributed by atoms with Gasteiger partial charge in [0.2, 0.25) is 5.28 Å². The Bertz CT molecular complexity index is 734. The van der Waals surface area contributed by atoms with E-state index in [1.165, 1.54) is 6.20 Å². The molecule has 0 N–H and O–H groups in total. The van der Waals surface area contributed by atoms with Crippen LogP contribution in [0.25, 0.3) is 22.3 Å². The van der Waals surface area contributed by atoms with E-state index in [1.807, 2.05) is 29.8 Å². The number of para-hydroxylation sites is 1. The van der Waals surface area contributed by atoms with Crippen LogP contribution in [0.3, 0.4) is 0 Å². The predicted molar refractivity (Wildman–Crippen MR) is 74.0 cm³/mol. The quantitative estimate of drug-likeness (QED) is 0.631. The maximum absolute atomic E-state index is 6.13. The van der Waals surface area contributed by atoms with Crippen LogP contribution in [-0.4, -0.2) is 14.5 Å². The van der Waals surface area contributed by atoms with Gasteiger partial charge >= 0.3 is 0 Å². The smallest absolute Gasteiger partial charge is 0.223 e. The Kier molecular flexibility index (Phi) is 2.73. The molecule has 3 aromatic rings. The first-order chi connectivity index (χ1) is 8.66. The molecule has 0 unspecified atom stereocenters. The van der Waals surface area contributed by atoms with Crippen LogP contribution >= 0.6 is 23.2 Å². The van der Waals surface area contributed by atoms with E-state index >= 15 is 0 Å². The number of aromatic nitrogens is 3. The Morgan fingerprint density at radius 2 is 1.94 bits per heavy atom. The van der Waals surface area contributed by atoms with Gasteiger partial charge in [-0.1, -0.05) is 29.8 Å². The van der Waals surface area contributed by atoms with Crippen LogP contribution in [-0.2, 0) is 7.05 Å². The Morgan fingerprint density at radius 1 is 1.17 bits per heavy atom. The molecular weight excluding hydrogens is 269 g/mol. The molecule has 2 heterocycles. The van der Waals surface area contributed by atoms with Gasteiger partial charge in [-0.05, 0) is 23.7 Å². The van der Waals surface area contributed by atoms with Crippen LogP contribution in [0.15, 0.2) is 36.5 Å². The van der Waals surface area contributed by atoms with Gasteiger partial charge in [-0.15, -0.1) is 0 Å². The van der Waals surface area contributed by atoms with Gasteiger partial charge in [0.25, 0.3) is 0 Å². The van der Waals surface area contributed by atoms with E-state index in [0.717, 1.165) is 16.6 Å². The molecule has 3 nitrogen and oxygen atoms in total. The second-order valence-corrected chi connectivity index (χ2v) is 4.73. The fourth-order valence-corrected chi connectivity index (χ4v) is 2.36. The highest BCUT2D eigenvalue weighted by Gasteiger charge is 2.13. The molecule has 3 rings (SSSR count). The fourth-order valence-electron chi connectivity index (χ4n) is 2.04. The van der Waals surface area contributed by atoms with Crippen LogP contribution < -0.4 is 0 Å². The monoisotopic (exact) mass is 277 g/mol. The standard InChI is InChI=1S/C13H9Cl2N3/c1-18-10-5-3-2-4-8(10)6-11(18)12-9(14)7-16-13(15)17-12/h2-7H,1H3. The number of hydrogen-bond acceptors (Lipinski definition) is 2. The molecule has 90 valence electrons. The average molecular weight is 278 g/mol. The summed E-state index contributed by atoms with van der Waals surface area (Å²) in [6, 6.07) is 10.1. The number of rotatable bonds is 1. The largest absolute Gasteiger partial charge is 0.342 e. The van der Waals surface area contributed by atoms with Gasteiger partial charge in [0.05, 0.1) is 16.9 Å². The zero-order chi connectivity index (χ0) is 12.7. The molecule has 0 amide bonds. The minimum Gasteiger partial charge on any atom is -0.342 e. The molecule has 0 atom stereocenters. The molecule has 0 spiro atoms. The highest BCUT2D eigenvalue weighted by atomic mass is 35.5. The van der Waals surface area contributed by atoms with Gasteiger partial charge < -0.3 is 4.57 Å². The lowest BCUT2D eigenvalue weighted by molar-refractivity contribution is 0.967. The van der Waals surface area contributed by atoms with Crippen LogP contribution in [0.1, 0.15) is 0 Å². The predicted octanol–water partition coefficient (Wildman–Crippen LogP) is 3.94. The van der Waals surface area contributed by atoms with Crippen molar-refractivity contribution in [2.75, 3.05) is 0 Å². The Labute approximate surface area is 114 Å². The first kappa shape index (κ1) is 11.5. The van der Waals surface area contributed by atoms with Crippen molar-refractivity contribution in [2.45, 2.75) is 0 Å². The van der Waals surface area contributed by atoms with Gasteiger partial charge in [0, 0.05) is 18.0 Å². The third-order valence-corrected chi connectivity index (χ3v) is 3.37. The third-order valence-electron chi connectivity index (χ3n) is 2.91. The van der Waals surface area contributed by atoms with Crippen molar-refractivity contribution >= 4 is 34.1 Å². The minimum atomic E-state index is 0.194. The summed E-state index contributed by atoms with van der Waals surface area (Å²) in [7, 11) is 1.98. The summed E-state index contributed by atoms with van der Waals surface area (Å²) < 4.78 is 2.04. The highest BCUT2D eigenvalue weighted by Crippen LogP contribution is 2.30. The molecule has 0 saturated heterocycles. The average Bonchev–Trinajstić information content (AvgIpc) is 2.71. The number of aryl methyl sites for hydroxylation is 1. The number of hydrogen-bond donors (Lipinski definition) is 0. The van der Waals surface area contributed by atoms with E-state index in [0.29, 0.717) is 10.7 Å². The summed E-state index contributed by atoms with van der Waals surface area (Å²) in [5, 5.41) is 1.82. The van der Waals surface area contributed by atoms with Crippen molar-refractivity contribution < 1.29 is 0 Å². The molecule has 1 aromatic carbocycles. The van der Waals surface area contributed by atoms with Crippen molar-refractivity contribution in [1.29, 1.82) is 0 Å². The molecular formula is C13H9Cl2N3. The maximum Gasteiger partial charge on any atom is 0.223 e. The normalized spacial score (nSPS) is 11.1. The van der Waals surface area contributed by atoms with Crippen molar-refractivity contribution in [3.8, 4) is 11.4 Å². The van der Waals surface area contributed by atoms with Crippen molar-refractivity contribution in [1.82, 2.24) is 14.5 Å². The zero-order valence-electron chi connectivity index (χ0n) is 9.56. The molecule has 0 aliphatic heterocycles. The van der Waals surface area contributed by atoms with E-state index in [-0.39, 0.29) is 5.28 Å². The second-order valence-electron chi connectivity index (χ2n) is 3.98. The molecule has 0 aliphatic carbocycles. The number of nitrogens with zero attached hydrogens (tertiary/aromatic N) is 3. The number of fused-ring (bicyclic) bond motifs is 1. The second kappa shape index (κ2) is 4.26. The lowest BCUT2D eigenvalue weighted by atomic mass is 10.2. The Hall–Kier alpha value is -1.58. The topological polar surface area (TPSA) is 30.7 Å². The summed E-state index contributed by atoms with van der Waals surface area (Å²) in [5.74, 6) is 0. The van der Waals surface area contributed by atoms with Crippen molar-refractivity contribution in [3.05, 3.63) is 46.8 Å². The lowest BCUT2D eigenvalue weighted by Crippen LogP contribution is -1.95. The van der Waals surface area contributed by atoms with Gasteiger partial charge in [0.15, 0.2) is 0 Å². The molecule has 0 radical (unpaired) electrons. The van der Waals surface area contributed by atoms with Gasteiger partial charge in [-0.3, -0.25) is 0 Å². The molecule has 5 heteroatoms. The number of halogens is 2. The fraction of sp³-hybridized carbons (Fsp3) is 0.0769. The zero-order valence-corrected chi connectivity index (χ0v) is 11.1. The van der Waals surface area contributed by atoms with E-state index in [1.54, 1.807) is 0 Å². The SMILES string of the molecule is Cn1c(-c2nc(Cl)ncc2Cl)cc2ccccc21. The molecule has 0 saturated carbocycles. The van der Waals surface area contributed by atoms with E-state index < -0.39 is 0 Å². The Morgan fingerprint density at radius 3 is 2.72 bits per heavy atom. The third kappa shape index (κ3) is 1.76. The van der Waals surface area contributed by atoms with Gasteiger partial charge in [-0.25, -0.2) is 9.97 Å². The van der Waals surface area contributed by atoms with E-state index in [4.69, 9.17) is 23.2 Å². The minimum absolute atomic E-state index is 0.194. The van der Waals surface area contributed by atoms with Crippen LogP contribution in [0, 0.1) is 0 Å². The van der Waals surface area contributed by atoms with Crippen LogP contribution in [0.4, 0.5) is 0 Å². The molecule has 18 heavy (non-hydrogen) atoms. The van der Waals surface area contributed by atoms with E-state index in [2.05, 4.69) is 22.1 Å². The van der Waals surface area contributed by atoms with E-state index in [9.17, 15) is 0 Å². The van der Waals surface area contributed by atoms with Gasteiger partial charge in [0.1, 0.15) is 5.69 Å². The highest BCUT2D eigenvalue weighted by molar-refractivity contribution is 6.33. The number of benzene rings is 1. The molecule has 2 aromatic heterocycles. The molecule has 0 bridgehead atoms.